The van der Waals surface area contributed by atoms with Crippen LogP contribution in [0.5, 0.6) is 0 Å². The highest BCUT2D eigenvalue weighted by Crippen LogP contribution is 2.26. The normalized spacial score (nSPS) is 20.8. The molecule has 0 aliphatic heterocycles. The van der Waals surface area contributed by atoms with Gasteiger partial charge in [-0.05, 0) is 56.7 Å². The molecule has 0 unspecified atom stereocenters. The van der Waals surface area contributed by atoms with E-state index in [0.29, 0.717) is 5.69 Å². The summed E-state index contributed by atoms with van der Waals surface area (Å²) in [6.45, 7) is 4.12. The maximum Gasteiger partial charge on any atom is 0.273 e. The van der Waals surface area contributed by atoms with Crippen molar-refractivity contribution in [3.63, 3.8) is 0 Å². The van der Waals surface area contributed by atoms with Gasteiger partial charge in [0.15, 0.2) is 5.69 Å². The fourth-order valence-corrected chi connectivity index (χ4v) is 3.75. The summed E-state index contributed by atoms with van der Waals surface area (Å²) in [5, 5.41) is 11.4. The molecule has 1 aromatic carbocycles. The molecule has 1 heterocycles. The standard InChI is InChI=1S/C18H23BrN4O/c1-3-13-7-9-15(10-8-13)20-18(24)17-12(2)23(22-21-17)16-6-4-5-14(19)11-16/h4-6,11,13,15H,3,7-10H2,1-2H3,(H,20,24). The fourth-order valence-electron chi connectivity index (χ4n) is 3.36. The number of amides is 1. The van der Waals surface area contributed by atoms with Crippen LogP contribution in [0.1, 0.15) is 55.2 Å². The van der Waals surface area contributed by atoms with Crippen LogP contribution in [0.2, 0.25) is 0 Å². The molecule has 1 fully saturated rings. The summed E-state index contributed by atoms with van der Waals surface area (Å²) in [6, 6.07) is 8.05. The third-order valence-electron chi connectivity index (χ3n) is 4.92. The van der Waals surface area contributed by atoms with Crippen LogP contribution in [0, 0.1) is 12.8 Å². The number of aromatic nitrogens is 3. The largest absolute Gasteiger partial charge is 0.348 e. The Labute approximate surface area is 151 Å². The lowest BCUT2D eigenvalue weighted by Crippen LogP contribution is -2.38. The van der Waals surface area contributed by atoms with Gasteiger partial charge in [0, 0.05) is 10.5 Å². The molecule has 1 aliphatic carbocycles. The van der Waals surface area contributed by atoms with E-state index in [1.165, 1.54) is 19.3 Å². The maximum atomic E-state index is 12.6. The molecule has 3 rings (SSSR count). The van der Waals surface area contributed by atoms with Crippen LogP contribution in [-0.2, 0) is 0 Å². The summed E-state index contributed by atoms with van der Waals surface area (Å²) in [4.78, 5) is 12.6. The number of carbonyl (C=O) groups is 1. The fraction of sp³-hybridized carbons (Fsp3) is 0.500. The van der Waals surface area contributed by atoms with E-state index in [9.17, 15) is 4.79 Å². The van der Waals surface area contributed by atoms with Crippen LogP contribution >= 0.6 is 15.9 Å². The Morgan fingerprint density at radius 3 is 2.75 bits per heavy atom. The number of rotatable bonds is 4. The molecule has 1 aromatic heterocycles. The van der Waals surface area contributed by atoms with E-state index in [0.717, 1.165) is 34.6 Å². The number of hydrogen-bond donors (Lipinski definition) is 1. The van der Waals surface area contributed by atoms with Gasteiger partial charge in [-0.15, -0.1) is 5.10 Å². The maximum absolute atomic E-state index is 12.6. The van der Waals surface area contributed by atoms with Crippen LogP contribution < -0.4 is 5.32 Å². The summed E-state index contributed by atoms with van der Waals surface area (Å²) < 4.78 is 2.67. The minimum atomic E-state index is -0.117. The topological polar surface area (TPSA) is 59.8 Å². The second-order valence-electron chi connectivity index (χ2n) is 6.51. The van der Waals surface area contributed by atoms with Gasteiger partial charge in [-0.2, -0.15) is 0 Å². The first-order valence-corrected chi connectivity index (χ1v) is 9.37. The van der Waals surface area contributed by atoms with Crippen LogP contribution in [0.4, 0.5) is 0 Å². The molecule has 5 nitrogen and oxygen atoms in total. The molecule has 0 bridgehead atoms. The van der Waals surface area contributed by atoms with E-state index in [1.54, 1.807) is 4.68 Å². The molecule has 128 valence electrons. The molecule has 2 aromatic rings. The number of carbonyl (C=O) groups excluding carboxylic acids is 1. The van der Waals surface area contributed by atoms with Crippen molar-refractivity contribution in [1.29, 1.82) is 0 Å². The average molecular weight is 391 g/mol. The average Bonchev–Trinajstić information content (AvgIpc) is 2.97. The smallest absolute Gasteiger partial charge is 0.273 e. The number of hydrogen-bond acceptors (Lipinski definition) is 3. The summed E-state index contributed by atoms with van der Waals surface area (Å²) in [6.07, 6.45) is 5.75. The summed E-state index contributed by atoms with van der Waals surface area (Å²) in [5.74, 6) is 0.700. The first-order chi connectivity index (χ1) is 11.6. The van der Waals surface area contributed by atoms with Gasteiger partial charge in [-0.1, -0.05) is 40.6 Å². The van der Waals surface area contributed by atoms with Crippen LogP contribution in [0.3, 0.4) is 0 Å². The first kappa shape index (κ1) is 17.1. The van der Waals surface area contributed by atoms with Gasteiger partial charge in [-0.25, -0.2) is 4.68 Å². The van der Waals surface area contributed by atoms with Crippen LogP contribution in [0.15, 0.2) is 28.7 Å². The van der Waals surface area contributed by atoms with Gasteiger partial charge in [0.1, 0.15) is 0 Å². The van der Waals surface area contributed by atoms with Crippen molar-refractivity contribution < 1.29 is 4.79 Å². The Bertz CT molecular complexity index is 720. The highest BCUT2D eigenvalue weighted by atomic mass is 79.9. The molecule has 0 radical (unpaired) electrons. The molecule has 0 saturated heterocycles. The van der Waals surface area contributed by atoms with E-state index >= 15 is 0 Å². The van der Waals surface area contributed by atoms with Crippen molar-refractivity contribution in [2.24, 2.45) is 5.92 Å². The molecule has 0 spiro atoms. The van der Waals surface area contributed by atoms with Gasteiger partial charge in [0.05, 0.1) is 11.4 Å². The van der Waals surface area contributed by atoms with Crippen molar-refractivity contribution in [2.45, 2.75) is 52.0 Å². The Morgan fingerprint density at radius 2 is 2.08 bits per heavy atom. The monoisotopic (exact) mass is 390 g/mol. The first-order valence-electron chi connectivity index (χ1n) is 8.57. The zero-order valence-electron chi connectivity index (χ0n) is 14.1. The molecule has 1 amide bonds. The van der Waals surface area contributed by atoms with E-state index in [1.807, 2.05) is 31.2 Å². The van der Waals surface area contributed by atoms with Crippen molar-refractivity contribution in [3.05, 3.63) is 40.1 Å². The zero-order valence-corrected chi connectivity index (χ0v) is 15.7. The van der Waals surface area contributed by atoms with Crippen molar-refractivity contribution in [3.8, 4) is 5.69 Å². The quantitative estimate of drug-likeness (QED) is 0.856. The van der Waals surface area contributed by atoms with E-state index in [-0.39, 0.29) is 11.9 Å². The molecule has 1 aliphatic rings. The third-order valence-corrected chi connectivity index (χ3v) is 5.41. The van der Waals surface area contributed by atoms with Crippen molar-refractivity contribution in [1.82, 2.24) is 20.3 Å². The van der Waals surface area contributed by atoms with Crippen LogP contribution in [0.25, 0.3) is 5.69 Å². The molecular formula is C18H23BrN4O. The predicted molar refractivity (Wildman–Crippen MR) is 97.3 cm³/mol. The minimum Gasteiger partial charge on any atom is -0.348 e. The number of halogens is 1. The lowest BCUT2D eigenvalue weighted by molar-refractivity contribution is 0.0916. The number of benzene rings is 1. The van der Waals surface area contributed by atoms with Gasteiger partial charge in [-0.3, -0.25) is 4.79 Å². The van der Waals surface area contributed by atoms with Gasteiger partial charge in [0.2, 0.25) is 0 Å². The number of nitrogens with zero attached hydrogens (tertiary/aromatic N) is 3. The highest BCUT2D eigenvalue weighted by molar-refractivity contribution is 9.10. The van der Waals surface area contributed by atoms with E-state index < -0.39 is 0 Å². The lowest BCUT2D eigenvalue weighted by Gasteiger charge is -2.28. The molecule has 1 saturated carbocycles. The van der Waals surface area contributed by atoms with Crippen molar-refractivity contribution >= 4 is 21.8 Å². The molecule has 6 heteroatoms. The van der Waals surface area contributed by atoms with Gasteiger partial charge >= 0.3 is 0 Å². The second-order valence-corrected chi connectivity index (χ2v) is 7.43. The van der Waals surface area contributed by atoms with Gasteiger partial charge < -0.3 is 5.32 Å². The van der Waals surface area contributed by atoms with Crippen molar-refractivity contribution in [2.75, 3.05) is 0 Å². The summed E-state index contributed by atoms with van der Waals surface area (Å²) >= 11 is 3.46. The Morgan fingerprint density at radius 1 is 1.33 bits per heavy atom. The summed E-state index contributed by atoms with van der Waals surface area (Å²) in [7, 11) is 0. The SMILES string of the molecule is CCC1CCC(NC(=O)c2nnn(-c3cccc(Br)c3)c2C)CC1. The molecular weight excluding hydrogens is 368 g/mol. The predicted octanol–water partition coefficient (Wildman–Crippen LogP) is 4.04. The Kier molecular flexibility index (Phi) is 5.33. The van der Waals surface area contributed by atoms with E-state index in [2.05, 4.69) is 38.5 Å². The highest BCUT2D eigenvalue weighted by Gasteiger charge is 2.24. The minimum absolute atomic E-state index is 0.117. The van der Waals surface area contributed by atoms with Gasteiger partial charge in [0.25, 0.3) is 5.91 Å². The summed E-state index contributed by atoms with van der Waals surface area (Å²) in [5.41, 5.74) is 2.05. The zero-order chi connectivity index (χ0) is 17.1. The molecule has 0 atom stereocenters. The second kappa shape index (κ2) is 7.47. The molecule has 1 N–H and O–H groups in total. The Hall–Kier alpha value is -1.69. The third kappa shape index (κ3) is 3.69. The number of nitrogens with one attached hydrogen (secondary N) is 1. The molecule has 24 heavy (non-hydrogen) atoms. The van der Waals surface area contributed by atoms with E-state index in [4.69, 9.17) is 0 Å². The Balaban J connectivity index is 1.70. The lowest BCUT2D eigenvalue weighted by atomic mass is 9.84. The van der Waals surface area contributed by atoms with Crippen LogP contribution in [-0.4, -0.2) is 26.9 Å².